The van der Waals surface area contributed by atoms with Gasteiger partial charge in [-0.2, -0.15) is 0 Å². The summed E-state index contributed by atoms with van der Waals surface area (Å²) in [6.07, 6.45) is 8.48. The molecule has 4 heteroatoms. The highest BCUT2D eigenvalue weighted by molar-refractivity contribution is 5.38. The van der Waals surface area contributed by atoms with Crippen molar-refractivity contribution in [3.8, 4) is 0 Å². The van der Waals surface area contributed by atoms with Crippen LogP contribution in [0.25, 0.3) is 0 Å². The number of nitrogens with two attached hydrogens (primary N) is 1. The molecule has 0 fully saturated rings. The van der Waals surface area contributed by atoms with Gasteiger partial charge in [-0.05, 0) is 24.5 Å². The van der Waals surface area contributed by atoms with Crippen molar-refractivity contribution in [3.05, 3.63) is 42.1 Å². The number of rotatable bonds is 4. The SMILES string of the molecule is Cn1ccnc1CCCc1cccnc1N. The molecule has 0 atom stereocenters. The topological polar surface area (TPSA) is 56.7 Å². The van der Waals surface area contributed by atoms with Crippen LogP contribution in [0.15, 0.2) is 30.7 Å². The van der Waals surface area contributed by atoms with E-state index < -0.39 is 0 Å². The van der Waals surface area contributed by atoms with Gasteiger partial charge in [0.25, 0.3) is 0 Å². The predicted octanol–water partition coefficient (Wildman–Crippen LogP) is 1.57. The van der Waals surface area contributed by atoms with Gasteiger partial charge in [0.1, 0.15) is 11.6 Å². The van der Waals surface area contributed by atoms with Crippen molar-refractivity contribution in [1.82, 2.24) is 14.5 Å². The fourth-order valence-electron chi connectivity index (χ4n) is 1.74. The smallest absolute Gasteiger partial charge is 0.126 e. The Labute approximate surface area is 95.1 Å². The molecule has 0 saturated heterocycles. The molecule has 2 heterocycles. The lowest BCUT2D eigenvalue weighted by molar-refractivity contribution is 0.723. The lowest BCUT2D eigenvalue weighted by Gasteiger charge is -2.04. The summed E-state index contributed by atoms with van der Waals surface area (Å²) in [6.45, 7) is 0. The first-order valence-corrected chi connectivity index (χ1v) is 5.43. The molecule has 0 bridgehead atoms. The fraction of sp³-hybridized carbons (Fsp3) is 0.333. The molecule has 0 aliphatic rings. The number of imidazole rings is 1. The van der Waals surface area contributed by atoms with Crippen LogP contribution in [0.4, 0.5) is 5.82 Å². The standard InChI is InChI=1S/C12H16N4/c1-16-9-8-14-11(16)6-2-4-10-5-3-7-15-12(10)13/h3,5,7-9H,2,4,6H2,1H3,(H2,13,15). The van der Waals surface area contributed by atoms with E-state index in [-0.39, 0.29) is 0 Å². The Hall–Kier alpha value is -1.84. The molecule has 2 aromatic heterocycles. The summed E-state index contributed by atoms with van der Waals surface area (Å²) in [5.74, 6) is 1.75. The third-order valence-electron chi connectivity index (χ3n) is 2.69. The van der Waals surface area contributed by atoms with Crippen LogP contribution in [-0.4, -0.2) is 14.5 Å². The largest absolute Gasteiger partial charge is 0.383 e. The van der Waals surface area contributed by atoms with E-state index >= 15 is 0 Å². The zero-order valence-electron chi connectivity index (χ0n) is 9.43. The average Bonchev–Trinajstić information content (AvgIpc) is 2.67. The molecule has 0 aliphatic carbocycles. The molecule has 0 aromatic carbocycles. The predicted molar refractivity (Wildman–Crippen MR) is 63.9 cm³/mol. The Bertz CT molecular complexity index is 462. The molecule has 2 N–H and O–H groups in total. The minimum Gasteiger partial charge on any atom is -0.383 e. The maximum atomic E-state index is 5.78. The molecule has 0 aliphatic heterocycles. The van der Waals surface area contributed by atoms with Gasteiger partial charge in [0.15, 0.2) is 0 Å². The van der Waals surface area contributed by atoms with Gasteiger partial charge in [0.2, 0.25) is 0 Å². The first-order chi connectivity index (χ1) is 7.77. The normalized spacial score (nSPS) is 10.6. The number of aryl methyl sites for hydroxylation is 3. The minimum absolute atomic E-state index is 0.641. The number of nitrogens with zero attached hydrogens (tertiary/aromatic N) is 3. The number of hydrogen-bond acceptors (Lipinski definition) is 3. The van der Waals surface area contributed by atoms with E-state index in [1.807, 2.05) is 36.1 Å². The van der Waals surface area contributed by atoms with Gasteiger partial charge in [0.05, 0.1) is 0 Å². The van der Waals surface area contributed by atoms with Crippen molar-refractivity contribution >= 4 is 5.82 Å². The molecule has 0 spiro atoms. The lowest BCUT2D eigenvalue weighted by atomic mass is 10.1. The highest BCUT2D eigenvalue weighted by Gasteiger charge is 2.02. The summed E-state index contributed by atoms with van der Waals surface area (Å²) < 4.78 is 2.05. The molecule has 2 aromatic rings. The Morgan fingerprint density at radius 2 is 2.12 bits per heavy atom. The van der Waals surface area contributed by atoms with Gasteiger partial charge < -0.3 is 10.3 Å². The van der Waals surface area contributed by atoms with E-state index in [4.69, 9.17) is 5.73 Å². The van der Waals surface area contributed by atoms with Gasteiger partial charge in [-0.15, -0.1) is 0 Å². The zero-order chi connectivity index (χ0) is 11.4. The van der Waals surface area contributed by atoms with Crippen molar-refractivity contribution in [1.29, 1.82) is 0 Å². The highest BCUT2D eigenvalue weighted by atomic mass is 15.0. The second-order valence-electron chi connectivity index (χ2n) is 3.86. The van der Waals surface area contributed by atoms with Crippen LogP contribution in [0.1, 0.15) is 17.8 Å². The second kappa shape index (κ2) is 4.79. The molecule has 16 heavy (non-hydrogen) atoms. The van der Waals surface area contributed by atoms with Gasteiger partial charge in [-0.25, -0.2) is 9.97 Å². The summed E-state index contributed by atoms with van der Waals surface area (Å²) in [7, 11) is 2.01. The van der Waals surface area contributed by atoms with Crippen molar-refractivity contribution in [2.24, 2.45) is 7.05 Å². The zero-order valence-corrected chi connectivity index (χ0v) is 9.43. The molecular weight excluding hydrogens is 200 g/mol. The van der Waals surface area contributed by atoms with E-state index in [9.17, 15) is 0 Å². The van der Waals surface area contributed by atoms with Crippen LogP contribution in [0.3, 0.4) is 0 Å². The maximum Gasteiger partial charge on any atom is 0.126 e. The van der Waals surface area contributed by atoms with E-state index in [2.05, 4.69) is 9.97 Å². The van der Waals surface area contributed by atoms with Crippen LogP contribution in [0.5, 0.6) is 0 Å². The third kappa shape index (κ3) is 2.39. The highest BCUT2D eigenvalue weighted by Crippen LogP contribution is 2.11. The Morgan fingerprint density at radius 3 is 2.81 bits per heavy atom. The molecule has 0 radical (unpaired) electrons. The summed E-state index contributed by atoms with van der Waals surface area (Å²) >= 11 is 0. The van der Waals surface area contributed by atoms with Gasteiger partial charge >= 0.3 is 0 Å². The fourth-order valence-corrected chi connectivity index (χ4v) is 1.74. The number of anilines is 1. The summed E-state index contributed by atoms with van der Waals surface area (Å²) in [4.78, 5) is 8.35. The van der Waals surface area contributed by atoms with E-state index in [0.717, 1.165) is 30.7 Å². The van der Waals surface area contributed by atoms with Crippen LogP contribution in [0.2, 0.25) is 0 Å². The molecule has 0 unspecified atom stereocenters. The van der Waals surface area contributed by atoms with Gasteiger partial charge in [-0.1, -0.05) is 6.07 Å². The van der Waals surface area contributed by atoms with Crippen LogP contribution < -0.4 is 5.73 Å². The second-order valence-corrected chi connectivity index (χ2v) is 3.86. The Morgan fingerprint density at radius 1 is 1.25 bits per heavy atom. The summed E-state index contributed by atoms with van der Waals surface area (Å²) in [6, 6.07) is 3.95. The number of pyridine rings is 1. The molecule has 2 rings (SSSR count). The minimum atomic E-state index is 0.641. The Balaban J connectivity index is 1.89. The number of hydrogen-bond donors (Lipinski definition) is 1. The van der Waals surface area contributed by atoms with Crippen LogP contribution in [0, 0.1) is 0 Å². The Kier molecular flexibility index (Phi) is 3.19. The van der Waals surface area contributed by atoms with Crippen LogP contribution >= 0.6 is 0 Å². The maximum absolute atomic E-state index is 5.78. The molecule has 0 saturated carbocycles. The molecule has 84 valence electrons. The van der Waals surface area contributed by atoms with Gasteiger partial charge in [-0.3, -0.25) is 0 Å². The van der Waals surface area contributed by atoms with E-state index in [1.165, 1.54) is 0 Å². The van der Waals surface area contributed by atoms with Gasteiger partial charge in [0, 0.05) is 32.1 Å². The number of nitrogen functional groups attached to an aromatic ring is 1. The monoisotopic (exact) mass is 216 g/mol. The third-order valence-corrected chi connectivity index (χ3v) is 2.69. The first-order valence-electron chi connectivity index (χ1n) is 5.43. The summed E-state index contributed by atoms with van der Waals surface area (Å²) in [5, 5.41) is 0. The van der Waals surface area contributed by atoms with E-state index in [0.29, 0.717) is 5.82 Å². The van der Waals surface area contributed by atoms with Crippen molar-refractivity contribution in [3.63, 3.8) is 0 Å². The van der Waals surface area contributed by atoms with Crippen LogP contribution in [-0.2, 0) is 19.9 Å². The summed E-state index contributed by atoms with van der Waals surface area (Å²) in [5.41, 5.74) is 6.90. The van der Waals surface area contributed by atoms with Crippen molar-refractivity contribution in [2.45, 2.75) is 19.3 Å². The molecule has 4 nitrogen and oxygen atoms in total. The van der Waals surface area contributed by atoms with Crippen molar-refractivity contribution in [2.75, 3.05) is 5.73 Å². The van der Waals surface area contributed by atoms with E-state index in [1.54, 1.807) is 6.20 Å². The molecule has 0 amide bonds. The molecular formula is C12H16N4. The average molecular weight is 216 g/mol. The first kappa shape index (κ1) is 10.7. The lowest BCUT2D eigenvalue weighted by Crippen LogP contribution is -2.01. The van der Waals surface area contributed by atoms with Crippen molar-refractivity contribution < 1.29 is 0 Å². The number of aromatic nitrogens is 3. The quantitative estimate of drug-likeness (QED) is 0.844.